The number of nitrogens with zero attached hydrogens (tertiary/aromatic N) is 3. The van der Waals surface area contributed by atoms with Crippen molar-refractivity contribution in [3.63, 3.8) is 0 Å². The number of rotatable bonds is 3. The molecule has 45 heavy (non-hydrogen) atoms. The Balaban J connectivity index is 1.24. The first-order valence-corrected chi connectivity index (χ1v) is 14.8. The summed E-state index contributed by atoms with van der Waals surface area (Å²) in [4.78, 5) is 0. The third-order valence-electron chi connectivity index (χ3n) is 9.20. The van der Waals surface area contributed by atoms with E-state index in [9.17, 15) is 0 Å². The average Bonchev–Trinajstić information content (AvgIpc) is 3.91. The Morgan fingerprint density at radius 1 is 0.333 bits per heavy atom. The lowest BCUT2D eigenvalue weighted by atomic mass is 10.1. The average molecular weight is 584 g/mol. The number of hydrogen-bond donors (Lipinski definition) is 0. The first kappa shape index (κ1) is 23.2. The van der Waals surface area contributed by atoms with E-state index in [2.05, 4.69) is 92.6 Å². The maximum atomic E-state index is 5.82. The van der Waals surface area contributed by atoms with Crippen LogP contribution in [0.15, 0.2) is 146 Å². The molecule has 0 aliphatic rings. The van der Waals surface area contributed by atoms with Crippen LogP contribution in [0.25, 0.3) is 94.0 Å². The molecule has 0 aliphatic carbocycles. The van der Waals surface area contributed by atoms with Crippen LogP contribution >= 0.6 is 0 Å². The normalized spacial score (nSPS) is 12.4. The predicted octanol–water partition coefficient (Wildman–Crippen LogP) is 10.5. The van der Waals surface area contributed by atoms with Gasteiger partial charge in [-0.2, -0.15) is 0 Å². The number of hydrogen-bond acceptors (Lipinski definition) is 4. The number of benzene rings is 4. The van der Waals surface area contributed by atoms with Crippen molar-refractivity contribution in [2.75, 3.05) is 0 Å². The van der Waals surface area contributed by atoms with Crippen LogP contribution < -0.4 is 0 Å². The monoisotopic (exact) mass is 583 g/mol. The molecule has 0 spiro atoms. The van der Waals surface area contributed by atoms with Crippen LogP contribution in [-0.4, -0.2) is 13.7 Å². The maximum absolute atomic E-state index is 5.82. The highest BCUT2D eigenvalue weighted by Crippen LogP contribution is 2.40. The van der Waals surface area contributed by atoms with Crippen LogP contribution in [-0.2, 0) is 0 Å². The van der Waals surface area contributed by atoms with Crippen molar-refractivity contribution in [1.82, 2.24) is 13.7 Å². The molecule has 0 N–H and O–H groups in total. The van der Waals surface area contributed by atoms with Crippen molar-refractivity contribution in [3.8, 4) is 17.1 Å². The minimum absolute atomic E-state index is 0.748. The van der Waals surface area contributed by atoms with E-state index in [1.165, 1.54) is 21.5 Å². The predicted molar refractivity (Wildman–Crippen MR) is 176 cm³/mol. The van der Waals surface area contributed by atoms with Crippen LogP contribution in [0.5, 0.6) is 0 Å². The highest BCUT2D eigenvalue weighted by molar-refractivity contribution is 6.12. The molecule has 11 rings (SSSR count). The van der Waals surface area contributed by atoms with Crippen molar-refractivity contribution in [2.45, 2.75) is 0 Å². The topological polar surface area (TPSA) is 67.3 Å². The second-order valence-electron chi connectivity index (χ2n) is 11.5. The number of fused-ring (bicyclic) bond motifs is 10. The molecule has 0 saturated heterocycles. The van der Waals surface area contributed by atoms with E-state index in [0.29, 0.717) is 0 Å². The Bertz CT molecular complexity index is 2690. The third-order valence-corrected chi connectivity index (χ3v) is 9.20. The van der Waals surface area contributed by atoms with E-state index in [-0.39, 0.29) is 0 Å². The molecular weight excluding hydrogens is 562 g/mol. The molecule has 7 nitrogen and oxygen atoms in total. The zero-order valence-electron chi connectivity index (χ0n) is 23.6. The van der Waals surface area contributed by atoms with Gasteiger partial charge in [0.1, 0.15) is 0 Å². The van der Waals surface area contributed by atoms with Crippen molar-refractivity contribution in [3.05, 3.63) is 128 Å². The molecule has 0 saturated carbocycles. The molecule has 0 bridgehead atoms. The van der Waals surface area contributed by atoms with E-state index in [0.717, 1.165) is 72.5 Å². The Kier molecular flexibility index (Phi) is 4.21. The zero-order chi connectivity index (χ0) is 29.2. The Morgan fingerprint density at radius 3 is 1.22 bits per heavy atom. The fourth-order valence-electron chi connectivity index (χ4n) is 7.28. The summed E-state index contributed by atoms with van der Waals surface area (Å²) in [5, 5.41) is 4.73. The summed E-state index contributed by atoms with van der Waals surface area (Å²) in [6.07, 6.45) is 6.85. The Hall–Kier alpha value is -6.34. The lowest BCUT2D eigenvalue weighted by Crippen LogP contribution is -1.98. The number of furan rings is 4. The molecule has 7 heteroatoms. The fourth-order valence-corrected chi connectivity index (χ4v) is 7.28. The van der Waals surface area contributed by atoms with Crippen LogP contribution in [0.2, 0.25) is 0 Å². The summed E-state index contributed by atoms with van der Waals surface area (Å²) in [6.45, 7) is 0. The SMILES string of the molecule is c1ccc2cc(-n3c4cc(-n5c6ccoc6c6occc65)ccc4c4ccc(-n5c6ccoc6c6occc65)cc43)ccc2c1. The summed E-state index contributed by atoms with van der Waals surface area (Å²) in [7, 11) is 0. The zero-order valence-corrected chi connectivity index (χ0v) is 23.6. The molecule has 0 unspecified atom stereocenters. The summed E-state index contributed by atoms with van der Waals surface area (Å²) < 4.78 is 30.1. The molecule has 7 aromatic heterocycles. The molecule has 0 fully saturated rings. The van der Waals surface area contributed by atoms with Gasteiger partial charge in [0, 0.05) is 52.1 Å². The van der Waals surface area contributed by atoms with Gasteiger partial charge >= 0.3 is 0 Å². The molecule has 0 radical (unpaired) electrons. The van der Waals surface area contributed by atoms with Gasteiger partial charge in [-0.1, -0.05) is 42.5 Å². The van der Waals surface area contributed by atoms with Gasteiger partial charge in [0.05, 0.1) is 58.2 Å². The first-order valence-electron chi connectivity index (χ1n) is 14.8. The van der Waals surface area contributed by atoms with Gasteiger partial charge < -0.3 is 31.4 Å². The van der Waals surface area contributed by atoms with Gasteiger partial charge in [-0.05, 0) is 47.2 Å². The molecule has 0 atom stereocenters. The van der Waals surface area contributed by atoms with Gasteiger partial charge in [-0.3, -0.25) is 0 Å². The van der Waals surface area contributed by atoms with Crippen molar-refractivity contribution >= 4 is 77.0 Å². The van der Waals surface area contributed by atoms with E-state index >= 15 is 0 Å². The lowest BCUT2D eigenvalue weighted by molar-refractivity contribution is 0.583. The number of aromatic nitrogens is 3. The molecule has 212 valence electrons. The fraction of sp³-hybridized carbons (Fsp3) is 0. The van der Waals surface area contributed by atoms with Gasteiger partial charge in [-0.15, -0.1) is 0 Å². The smallest absolute Gasteiger partial charge is 0.195 e. The molecule has 7 heterocycles. The van der Waals surface area contributed by atoms with Crippen molar-refractivity contribution in [2.24, 2.45) is 0 Å². The van der Waals surface area contributed by atoms with Gasteiger partial charge in [0.25, 0.3) is 0 Å². The van der Waals surface area contributed by atoms with Crippen molar-refractivity contribution < 1.29 is 17.7 Å². The van der Waals surface area contributed by atoms with Crippen LogP contribution in [0.3, 0.4) is 0 Å². The Labute approximate surface area is 253 Å². The second kappa shape index (κ2) is 8.18. The molecule has 11 aromatic rings. The van der Waals surface area contributed by atoms with E-state index < -0.39 is 0 Å². The van der Waals surface area contributed by atoms with E-state index in [4.69, 9.17) is 17.7 Å². The Morgan fingerprint density at radius 2 is 0.733 bits per heavy atom. The minimum atomic E-state index is 0.748. The molecule has 0 amide bonds. The first-order chi connectivity index (χ1) is 22.3. The van der Waals surface area contributed by atoms with Gasteiger partial charge in [0.15, 0.2) is 22.3 Å². The van der Waals surface area contributed by atoms with Crippen LogP contribution in [0, 0.1) is 0 Å². The van der Waals surface area contributed by atoms with Crippen LogP contribution in [0.4, 0.5) is 0 Å². The van der Waals surface area contributed by atoms with Crippen LogP contribution in [0.1, 0.15) is 0 Å². The van der Waals surface area contributed by atoms with E-state index in [1.54, 1.807) is 25.1 Å². The molecular formula is C38H21N3O4. The van der Waals surface area contributed by atoms with Gasteiger partial charge in [-0.25, -0.2) is 0 Å². The molecule has 4 aromatic carbocycles. The highest BCUT2D eigenvalue weighted by Gasteiger charge is 2.22. The highest BCUT2D eigenvalue weighted by atomic mass is 16.4. The lowest BCUT2D eigenvalue weighted by Gasteiger charge is -2.12. The van der Waals surface area contributed by atoms with Gasteiger partial charge in [0.2, 0.25) is 0 Å². The minimum Gasteiger partial charge on any atom is -0.459 e. The summed E-state index contributed by atoms with van der Waals surface area (Å²) in [5.41, 5.74) is 12.2. The quantitative estimate of drug-likeness (QED) is 0.208. The van der Waals surface area contributed by atoms with Crippen molar-refractivity contribution in [1.29, 1.82) is 0 Å². The summed E-state index contributed by atoms with van der Waals surface area (Å²) >= 11 is 0. The standard InChI is InChI=1S/C38H21N3O4/c1-2-4-23-19-24(6-5-22(23)3-1)41-33-20-25(39-29-11-15-42-35(29)36-30(39)12-16-43-36)7-9-27(33)28-10-8-26(21-34(28)41)40-31-13-17-44-37(31)38-32(40)14-18-45-38/h1-21H. The third kappa shape index (κ3) is 2.94. The summed E-state index contributed by atoms with van der Waals surface area (Å²) in [5.74, 6) is 0. The molecule has 0 aliphatic heterocycles. The maximum Gasteiger partial charge on any atom is 0.195 e. The van der Waals surface area contributed by atoms with E-state index in [1.807, 2.05) is 24.3 Å². The largest absolute Gasteiger partial charge is 0.459 e. The summed E-state index contributed by atoms with van der Waals surface area (Å²) in [6, 6.07) is 36.4. The second-order valence-corrected chi connectivity index (χ2v) is 11.5.